The third kappa shape index (κ3) is 2.86. The van der Waals surface area contributed by atoms with Crippen LogP contribution >= 0.6 is 11.6 Å². The van der Waals surface area contributed by atoms with Gasteiger partial charge in [0.15, 0.2) is 0 Å². The lowest BCUT2D eigenvalue weighted by molar-refractivity contribution is -0.0497. The van der Waals surface area contributed by atoms with E-state index in [9.17, 15) is 8.78 Å². The van der Waals surface area contributed by atoms with Crippen LogP contribution in [0.1, 0.15) is 5.56 Å². The Balaban J connectivity index is 2.85. The molecule has 0 radical (unpaired) electrons. The van der Waals surface area contributed by atoms with Crippen LogP contribution in [0.15, 0.2) is 18.2 Å². The van der Waals surface area contributed by atoms with Crippen molar-refractivity contribution in [3.63, 3.8) is 0 Å². The summed E-state index contributed by atoms with van der Waals surface area (Å²) in [5.74, 6) is -0.0737. The minimum absolute atomic E-state index is 0.0737. The molecule has 1 aromatic rings. The van der Waals surface area contributed by atoms with Crippen molar-refractivity contribution in [2.45, 2.75) is 13.2 Å². The van der Waals surface area contributed by atoms with Gasteiger partial charge in [-0.15, -0.1) is 0 Å². The molecule has 0 aliphatic rings. The lowest BCUT2D eigenvalue weighted by Gasteiger charge is -2.06. The smallest absolute Gasteiger partial charge is 0.387 e. The number of benzene rings is 1. The van der Waals surface area contributed by atoms with Crippen LogP contribution in [-0.2, 0) is 6.54 Å². The van der Waals surface area contributed by atoms with Gasteiger partial charge >= 0.3 is 6.61 Å². The van der Waals surface area contributed by atoms with Crippen molar-refractivity contribution >= 4 is 11.6 Å². The fourth-order valence-corrected chi connectivity index (χ4v) is 1.17. The maximum Gasteiger partial charge on any atom is 0.387 e. The molecule has 0 fully saturated rings. The highest BCUT2D eigenvalue weighted by atomic mass is 35.5. The first-order valence-corrected chi connectivity index (χ1v) is 4.07. The zero-order valence-electron chi connectivity index (χ0n) is 7.01. The van der Waals surface area contributed by atoms with Gasteiger partial charge < -0.3 is 9.58 Å². The van der Waals surface area contributed by atoms with Crippen LogP contribution in [0.2, 0.25) is 5.02 Å². The Morgan fingerprint density at radius 1 is 1.50 bits per heavy atom. The van der Waals surface area contributed by atoms with E-state index in [4.69, 9.17) is 18.2 Å². The summed E-state index contributed by atoms with van der Waals surface area (Å²) in [5, 5.41) is 0.0893. The fraction of sp³-hybridized carbons (Fsp3) is 0.222. The second-order valence-corrected chi connectivity index (χ2v) is 2.87. The van der Waals surface area contributed by atoms with Gasteiger partial charge in [-0.3, -0.25) is 0 Å². The number of hydrogen-bond donors (Lipinski definition) is 0. The first kappa shape index (κ1) is 10.7. The number of rotatable bonds is 3. The number of ether oxygens (including phenoxy) is 1. The van der Waals surface area contributed by atoms with E-state index < -0.39 is 6.61 Å². The monoisotopic (exact) mass is 217 g/mol. The second-order valence-electron chi connectivity index (χ2n) is 2.46. The van der Waals surface area contributed by atoms with E-state index in [-0.39, 0.29) is 17.3 Å². The van der Waals surface area contributed by atoms with Crippen LogP contribution < -0.4 is 4.74 Å². The summed E-state index contributed by atoms with van der Waals surface area (Å²) >= 11 is 5.65. The van der Waals surface area contributed by atoms with Crippen LogP contribution in [0, 0.1) is 6.57 Å². The van der Waals surface area contributed by atoms with Crippen LogP contribution in [0.5, 0.6) is 5.75 Å². The molecule has 0 amide bonds. The number of nitrogens with zero attached hydrogens (tertiary/aromatic N) is 1. The highest BCUT2D eigenvalue weighted by Crippen LogP contribution is 2.27. The first-order chi connectivity index (χ1) is 6.63. The highest BCUT2D eigenvalue weighted by molar-refractivity contribution is 6.32. The zero-order valence-corrected chi connectivity index (χ0v) is 7.76. The van der Waals surface area contributed by atoms with Crippen LogP contribution in [0.3, 0.4) is 0 Å². The predicted octanol–water partition coefficient (Wildman–Crippen LogP) is 3.36. The molecule has 0 bridgehead atoms. The van der Waals surface area contributed by atoms with Gasteiger partial charge in [0.1, 0.15) is 5.75 Å². The molecule has 1 aromatic carbocycles. The fourth-order valence-electron chi connectivity index (χ4n) is 0.926. The van der Waals surface area contributed by atoms with E-state index >= 15 is 0 Å². The molecule has 74 valence electrons. The maximum atomic E-state index is 11.8. The van der Waals surface area contributed by atoms with Gasteiger partial charge in [-0.1, -0.05) is 11.6 Å². The van der Waals surface area contributed by atoms with Gasteiger partial charge in [0, 0.05) is 5.56 Å². The molecular formula is C9H6ClF2NO. The minimum Gasteiger partial charge on any atom is -0.433 e. The SMILES string of the molecule is [C-]#[N+]Cc1ccc(OC(F)F)c(Cl)c1. The summed E-state index contributed by atoms with van der Waals surface area (Å²) in [6.07, 6.45) is 0. The summed E-state index contributed by atoms with van der Waals surface area (Å²) in [4.78, 5) is 3.14. The summed E-state index contributed by atoms with van der Waals surface area (Å²) < 4.78 is 27.8. The number of alkyl halides is 2. The molecular weight excluding hydrogens is 212 g/mol. The van der Waals surface area contributed by atoms with Crippen LogP contribution in [0.4, 0.5) is 8.78 Å². The minimum atomic E-state index is -2.89. The van der Waals surface area contributed by atoms with Crippen molar-refractivity contribution in [1.82, 2.24) is 0 Å². The van der Waals surface area contributed by atoms with E-state index in [1.165, 1.54) is 18.2 Å². The highest BCUT2D eigenvalue weighted by Gasteiger charge is 2.09. The Bertz CT molecular complexity index is 362. The van der Waals surface area contributed by atoms with Crippen molar-refractivity contribution in [2.75, 3.05) is 0 Å². The number of hydrogen-bond acceptors (Lipinski definition) is 1. The summed E-state index contributed by atoms with van der Waals surface area (Å²) in [6.45, 7) is 3.89. The van der Waals surface area contributed by atoms with Gasteiger partial charge in [-0.25, -0.2) is 6.57 Å². The Morgan fingerprint density at radius 3 is 2.71 bits per heavy atom. The normalized spacial score (nSPS) is 9.93. The molecule has 0 aliphatic heterocycles. The van der Waals surface area contributed by atoms with E-state index in [1.807, 2.05) is 0 Å². The lowest BCUT2D eigenvalue weighted by atomic mass is 10.2. The van der Waals surface area contributed by atoms with Crippen molar-refractivity contribution in [3.05, 3.63) is 40.2 Å². The average molecular weight is 218 g/mol. The van der Waals surface area contributed by atoms with Crippen molar-refractivity contribution < 1.29 is 13.5 Å². The summed E-state index contributed by atoms with van der Waals surface area (Å²) in [5.41, 5.74) is 0.673. The molecule has 14 heavy (non-hydrogen) atoms. The quantitative estimate of drug-likeness (QED) is 0.708. The topological polar surface area (TPSA) is 13.6 Å². The average Bonchev–Trinajstić information content (AvgIpc) is 2.10. The summed E-state index contributed by atoms with van der Waals surface area (Å²) in [6, 6.07) is 4.30. The molecule has 0 aliphatic carbocycles. The molecule has 1 rings (SSSR count). The zero-order chi connectivity index (χ0) is 10.6. The van der Waals surface area contributed by atoms with E-state index in [0.717, 1.165) is 0 Å². The molecule has 0 aromatic heterocycles. The molecule has 0 saturated carbocycles. The molecule has 5 heteroatoms. The van der Waals surface area contributed by atoms with Crippen LogP contribution in [0.25, 0.3) is 4.85 Å². The molecule has 0 spiro atoms. The lowest BCUT2D eigenvalue weighted by Crippen LogP contribution is -2.02. The Labute approximate surface area is 84.9 Å². The molecule has 0 unspecified atom stereocenters. The maximum absolute atomic E-state index is 11.8. The van der Waals surface area contributed by atoms with E-state index in [0.29, 0.717) is 5.56 Å². The second kappa shape index (κ2) is 4.77. The molecule has 2 nitrogen and oxygen atoms in total. The van der Waals surface area contributed by atoms with Gasteiger partial charge in [0.05, 0.1) is 5.02 Å². The molecule has 0 N–H and O–H groups in total. The standard InChI is InChI=1S/C9H6ClF2NO/c1-13-5-6-2-3-8(7(10)4-6)14-9(11)12/h2-4,9H,5H2. The van der Waals surface area contributed by atoms with Gasteiger partial charge in [0.2, 0.25) is 6.54 Å². The van der Waals surface area contributed by atoms with E-state index in [1.54, 1.807) is 0 Å². The van der Waals surface area contributed by atoms with Crippen molar-refractivity contribution in [2.24, 2.45) is 0 Å². The van der Waals surface area contributed by atoms with E-state index in [2.05, 4.69) is 9.58 Å². The Morgan fingerprint density at radius 2 is 2.21 bits per heavy atom. The number of halogens is 3. The Kier molecular flexibility index (Phi) is 3.66. The molecule has 0 heterocycles. The molecule has 0 saturated heterocycles. The van der Waals surface area contributed by atoms with Gasteiger partial charge in [-0.05, 0) is 18.2 Å². The first-order valence-electron chi connectivity index (χ1n) is 3.70. The van der Waals surface area contributed by atoms with Crippen molar-refractivity contribution in [1.29, 1.82) is 0 Å². The van der Waals surface area contributed by atoms with Crippen molar-refractivity contribution in [3.8, 4) is 5.75 Å². The largest absolute Gasteiger partial charge is 0.433 e. The molecule has 0 atom stereocenters. The van der Waals surface area contributed by atoms with Gasteiger partial charge in [0.25, 0.3) is 0 Å². The third-order valence-electron chi connectivity index (χ3n) is 1.47. The van der Waals surface area contributed by atoms with Gasteiger partial charge in [-0.2, -0.15) is 8.78 Å². The van der Waals surface area contributed by atoms with Crippen LogP contribution in [-0.4, -0.2) is 6.61 Å². The predicted molar refractivity (Wildman–Crippen MR) is 48.4 cm³/mol. The summed E-state index contributed by atoms with van der Waals surface area (Å²) in [7, 11) is 0. The third-order valence-corrected chi connectivity index (χ3v) is 1.77. The Hall–Kier alpha value is -1.34.